The number of hydrogen-bond acceptors (Lipinski definition) is 2. The molecule has 0 saturated carbocycles. The van der Waals surface area contributed by atoms with Gasteiger partial charge in [0.1, 0.15) is 17.2 Å². The summed E-state index contributed by atoms with van der Waals surface area (Å²) in [6.45, 7) is 3.66. The van der Waals surface area contributed by atoms with Crippen LogP contribution in [0, 0.1) is 17.5 Å². The second-order valence-corrected chi connectivity index (χ2v) is 4.86. The lowest BCUT2D eigenvalue weighted by molar-refractivity contribution is 0.101. The Hall–Kier alpha value is -2.44. The van der Waals surface area contributed by atoms with Crippen molar-refractivity contribution in [1.82, 2.24) is 4.57 Å². The van der Waals surface area contributed by atoms with Gasteiger partial charge in [-0.3, -0.25) is 4.79 Å². The van der Waals surface area contributed by atoms with E-state index in [0.29, 0.717) is 17.8 Å². The maximum absolute atomic E-state index is 13.5. The summed E-state index contributed by atoms with van der Waals surface area (Å²) in [6, 6.07) is 2.32. The molecule has 3 N–H and O–H groups in total. The maximum atomic E-state index is 13.5. The number of aromatic nitrogens is 1. The molecule has 0 unspecified atom stereocenters. The Morgan fingerprint density at radius 1 is 1.19 bits per heavy atom. The molecule has 4 nitrogen and oxygen atoms in total. The van der Waals surface area contributed by atoms with Crippen molar-refractivity contribution in [2.75, 3.05) is 11.1 Å². The quantitative estimate of drug-likeness (QED) is 0.913. The number of carbonyl (C=O) groups excluding carboxylic acids is 1. The van der Waals surface area contributed by atoms with Crippen LogP contribution in [0.3, 0.4) is 0 Å². The van der Waals surface area contributed by atoms with Crippen molar-refractivity contribution in [2.24, 2.45) is 0 Å². The monoisotopic (exact) mass is 297 g/mol. The predicted molar refractivity (Wildman–Crippen MR) is 73.5 cm³/mol. The summed E-state index contributed by atoms with van der Waals surface area (Å²) >= 11 is 0. The number of benzene rings is 1. The molecule has 1 amide bonds. The Bertz CT molecular complexity index is 672. The van der Waals surface area contributed by atoms with Crippen LogP contribution >= 0.6 is 0 Å². The van der Waals surface area contributed by atoms with Crippen LogP contribution in [0.2, 0.25) is 0 Å². The molecule has 21 heavy (non-hydrogen) atoms. The number of anilines is 2. The molecule has 0 aliphatic carbocycles. The molecule has 2 rings (SSSR count). The first kappa shape index (κ1) is 15.0. The third-order valence-corrected chi connectivity index (χ3v) is 2.90. The van der Waals surface area contributed by atoms with Crippen molar-refractivity contribution in [3.63, 3.8) is 0 Å². The summed E-state index contributed by atoms with van der Waals surface area (Å²) in [4.78, 5) is 12.1. The Kier molecular flexibility index (Phi) is 3.93. The van der Waals surface area contributed by atoms with Crippen molar-refractivity contribution < 1.29 is 18.0 Å². The van der Waals surface area contributed by atoms with E-state index in [4.69, 9.17) is 5.73 Å². The number of amides is 1. The van der Waals surface area contributed by atoms with Crippen LogP contribution in [0.1, 0.15) is 30.4 Å². The first-order valence-electron chi connectivity index (χ1n) is 6.23. The second kappa shape index (κ2) is 5.51. The zero-order chi connectivity index (χ0) is 15.7. The Morgan fingerprint density at radius 3 is 2.29 bits per heavy atom. The van der Waals surface area contributed by atoms with Gasteiger partial charge in [0, 0.05) is 24.4 Å². The highest BCUT2D eigenvalue weighted by atomic mass is 19.1. The SMILES string of the molecule is CC(C)n1cc(N)cc1C(=O)Nc1c(F)cc(F)cc1F. The number of rotatable bonds is 3. The minimum Gasteiger partial charge on any atom is -0.397 e. The van der Waals surface area contributed by atoms with Crippen molar-refractivity contribution in [2.45, 2.75) is 19.9 Å². The molecule has 0 aliphatic rings. The fraction of sp³-hybridized carbons (Fsp3) is 0.214. The van der Waals surface area contributed by atoms with E-state index < -0.39 is 29.0 Å². The molecule has 0 fully saturated rings. The first-order valence-corrected chi connectivity index (χ1v) is 6.23. The fourth-order valence-electron chi connectivity index (χ4n) is 1.95. The summed E-state index contributed by atoms with van der Waals surface area (Å²) in [5, 5.41) is 2.10. The Morgan fingerprint density at radius 2 is 1.76 bits per heavy atom. The number of nitrogens with two attached hydrogens (primary N) is 1. The highest BCUT2D eigenvalue weighted by Gasteiger charge is 2.19. The highest BCUT2D eigenvalue weighted by Crippen LogP contribution is 2.22. The van der Waals surface area contributed by atoms with Crippen LogP contribution in [-0.4, -0.2) is 10.5 Å². The number of halogens is 3. The lowest BCUT2D eigenvalue weighted by Gasteiger charge is -2.13. The highest BCUT2D eigenvalue weighted by molar-refractivity contribution is 6.04. The zero-order valence-electron chi connectivity index (χ0n) is 11.5. The maximum Gasteiger partial charge on any atom is 0.272 e. The molecule has 1 aromatic heterocycles. The van der Waals surface area contributed by atoms with E-state index in [9.17, 15) is 18.0 Å². The van der Waals surface area contributed by atoms with E-state index in [1.165, 1.54) is 6.07 Å². The molecule has 112 valence electrons. The third kappa shape index (κ3) is 3.01. The molecule has 1 heterocycles. The van der Waals surface area contributed by atoms with Gasteiger partial charge in [0.15, 0.2) is 11.6 Å². The number of nitrogens with one attached hydrogen (secondary N) is 1. The van der Waals surface area contributed by atoms with E-state index in [-0.39, 0.29) is 11.7 Å². The molecule has 1 aromatic carbocycles. The topological polar surface area (TPSA) is 60.0 Å². The van der Waals surface area contributed by atoms with Crippen molar-refractivity contribution in [3.05, 3.63) is 47.5 Å². The van der Waals surface area contributed by atoms with Gasteiger partial charge in [-0.25, -0.2) is 13.2 Å². The van der Waals surface area contributed by atoms with Crippen LogP contribution in [0.4, 0.5) is 24.5 Å². The van der Waals surface area contributed by atoms with Gasteiger partial charge in [0.2, 0.25) is 0 Å². The van der Waals surface area contributed by atoms with Gasteiger partial charge in [-0.05, 0) is 19.9 Å². The number of nitrogens with zero attached hydrogens (tertiary/aromatic N) is 1. The third-order valence-electron chi connectivity index (χ3n) is 2.90. The van der Waals surface area contributed by atoms with E-state index in [0.717, 1.165) is 0 Å². The predicted octanol–water partition coefficient (Wildman–Crippen LogP) is 3.32. The normalized spacial score (nSPS) is 11.0. The minimum atomic E-state index is -1.18. The molecule has 0 atom stereocenters. The van der Waals surface area contributed by atoms with E-state index in [1.807, 2.05) is 13.8 Å². The summed E-state index contributed by atoms with van der Waals surface area (Å²) in [6.07, 6.45) is 1.55. The largest absolute Gasteiger partial charge is 0.397 e. The van der Waals surface area contributed by atoms with Gasteiger partial charge in [0.25, 0.3) is 5.91 Å². The number of carbonyl (C=O) groups is 1. The van der Waals surface area contributed by atoms with Gasteiger partial charge in [-0.2, -0.15) is 0 Å². The summed E-state index contributed by atoms with van der Waals surface area (Å²) in [5.74, 6) is -4.16. The number of nitrogen functional groups attached to an aromatic ring is 1. The lowest BCUT2D eigenvalue weighted by Crippen LogP contribution is -2.19. The average molecular weight is 297 g/mol. The molecule has 2 aromatic rings. The van der Waals surface area contributed by atoms with Crippen LogP contribution in [0.15, 0.2) is 24.4 Å². The fourth-order valence-corrected chi connectivity index (χ4v) is 1.95. The van der Waals surface area contributed by atoms with Crippen LogP contribution in [-0.2, 0) is 0 Å². The van der Waals surface area contributed by atoms with Gasteiger partial charge in [-0.1, -0.05) is 0 Å². The minimum absolute atomic E-state index is 0.0639. The zero-order valence-corrected chi connectivity index (χ0v) is 11.5. The first-order chi connectivity index (χ1) is 9.79. The van der Waals surface area contributed by atoms with Gasteiger partial charge < -0.3 is 15.6 Å². The second-order valence-electron chi connectivity index (χ2n) is 4.86. The molecule has 0 spiro atoms. The average Bonchev–Trinajstić information content (AvgIpc) is 2.76. The lowest BCUT2D eigenvalue weighted by atomic mass is 10.2. The van der Waals surface area contributed by atoms with E-state index in [2.05, 4.69) is 5.32 Å². The standard InChI is InChI=1S/C14H14F3N3O/c1-7(2)20-6-9(18)5-12(20)14(21)19-13-10(16)3-8(15)4-11(13)17/h3-7H,18H2,1-2H3,(H,19,21). The summed E-state index contributed by atoms with van der Waals surface area (Å²) in [7, 11) is 0. The molecule has 7 heteroatoms. The molecule has 0 radical (unpaired) electrons. The molecule has 0 aliphatic heterocycles. The molecular weight excluding hydrogens is 283 g/mol. The van der Waals surface area contributed by atoms with Crippen molar-refractivity contribution >= 4 is 17.3 Å². The molecular formula is C14H14F3N3O. The Labute approximate surface area is 119 Å². The van der Waals surface area contributed by atoms with Crippen molar-refractivity contribution in [1.29, 1.82) is 0 Å². The number of hydrogen-bond donors (Lipinski definition) is 2. The smallest absolute Gasteiger partial charge is 0.272 e. The van der Waals surface area contributed by atoms with Gasteiger partial charge in [-0.15, -0.1) is 0 Å². The van der Waals surface area contributed by atoms with Crippen molar-refractivity contribution in [3.8, 4) is 0 Å². The molecule has 0 bridgehead atoms. The molecule has 0 saturated heterocycles. The van der Waals surface area contributed by atoms with Crippen LogP contribution < -0.4 is 11.1 Å². The van der Waals surface area contributed by atoms with Crippen LogP contribution in [0.5, 0.6) is 0 Å². The summed E-state index contributed by atoms with van der Waals surface area (Å²) < 4.78 is 41.5. The van der Waals surface area contributed by atoms with Gasteiger partial charge in [0.05, 0.1) is 5.69 Å². The summed E-state index contributed by atoms with van der Waals surface area (Å²) in [5.41, 5.74) is 5.45. The van der Waals surface area contributed by atoms with Gasteiger partial charge >= 0.3 is 0 Å². The van der Waals surface area contributed by atoms with E-state index >= 15 is 0 Å². The van der Waals surface area contributed by atoms with Crippen LogP contribution in [0.25, 0.3) is 0 Å². The van der Waals surface area contributed by atoms with E-state index in [1.54, 1.807) is 10.8 Å². The Balaban J connectivity index is 2.35.